The second-order valence-corrected chi connectivity index (χ2v) is 11.4. The molecule has 0 saturated carbocycles. The number of halogens is 4. The Bertz CT molecular complexity index is 2110. The normalized spacial score (nSPS) is 13.5. The lowest BCUT2D eigenvalue weighted by atomic mass is 10.0. The van der Waals surface area contributed by atoms with Gasteiger partial charge in [-0.25, -0.2) is 27.2 Å². The van der Waals surface area contributed by atoms with Crippen LogP contribution < -0.4 is 10.5 Å². The van der Waals surface area contributed by atoms with Crippen molar-refractivity contribution in [1.82, 2.24) is 24.2 Å². The molecule has 1 fully saturated rings. The largest absolute Gasteiger partial charge is 0.507 e. The maximum atomic E-state index is 14.5. The average Bonchev–Trinajstić information content (AvgIpc) is 3.65. The number of piperazine rings is 1. The number of amides is 1. The first kappa shape index (κ1) is 32.9. The van der Waals surface area contributed by atoms with Gasteiger partial charge in [0.15, 0.2) is 17.5 Å². The number of aliphatic hydroxyl groups excluding tert-OH is 1. The first-order valence-corrected chi connectivity index (χ1v) is 15.1. The van der Waals surface area contributed by atoms with Crippen molar-refractivity contribution >= 4 is 23.1 Å². The fourth-order valence-electron chi connectivity index (χ4n) is 5.59. The zero-order valence-corrected chi connectivity index (χ0v) is 25.8. The van der Waals surface area contributed by atoms with Gasteiger partial charge in [-0.05, 0) is 65.2 Å². The van der Waals surface area contributed by atoms with Gasteiger partial charge in [-0.1, -0.05) is 18.2 Å². The summed E-state index contributed by atoms with van der Waals surface area (Å²) in [5, 5.41) is 15.1. The van der Waals surface area contributed by atoms with Crippen molar-refractivity contribution < 1.29 is 32.3 Å². The molecular formula is C35H28F4N6O4. The molecule has 49 heavy (non-hydrogen) atoms. The molecule has 250 valence electrons. The molecule has 3 heterocycles. The van der Waals surface area contributed by atoms with Gasteiger partial charge in [-0.15, -0.1) is 0 Å². The van der Waals surface area contributed by atoms with E-state index >= 15 is 0 Å². The van der Waals surface area contributed by atoms with Crippen LogP contribution in [-0.4, -0.2) is 67.2 Å². The number of carbonyl (C=O) groups excluding carboxylic acids is 2. The van der Waals surface area contributed by atoms with Crippen molar-refractivity contribution in [3.05, 3.63) is 148 Å². The molecular weight excluding hydrogens is 644 g/mol. The van der Waals surface area contributed by atoms with Crippen LogP contribution in [0.15, 0.2) is 96.5 Å². The van der Waals surface area contributed by atoms with Crippen molar-refractivity contribution in [2.45, 2.75) is 13.0 Å². The SMILES string of the molecule is O=C(C=C(O)c1cc(Cc2ccc(F)c(F)c2F)cn(Cc2cccc(F)c2)c1=O)C(=O)N1CCN(c2ccc(-n3cncn3)cc2)CC1. The molecule has 0 bridgehead atoms. The standard InChI is InChI=1S/C35H28F4N6O4/c36-25-3-1-2-22(15-25)18-44-19-23(14-24-4-9-29(37)33(39)32(24)38)16-28(34(44)48)30(46)17-31(47)35(49)43-12-10-42(11-13-43)26-5-7-27(8-6-26)45-21-40-20-41-45/h1-9,15-17,19-21,46H,10-14,18H2. The summed E-state index contributed by atoms with van der Waals surface area (Å²) in [6.45, 7) is 1.14. The molecule has 0 radical (unpaired) electrons. The molecule has 14 heteroatoms. The predicted molar refractivity (Wildman–Crippen MR) is 171 cm³/mol. The fourth-order valence-corrected chi connectivity index (χ4v) is 5.59. The topological polar surface area (TPSA) is 114 Å². The third-order valence-electron chi connectivity index (χ3n) is 8.11. The highest BCUT2D eigenvalue weighted by molar-refractivity contribution is 6.41. The van der Waals surface area contributed by atoms with E-state index in [9.17, 15) is 37.1 Å². The maximum absolute atomic E-state index is 14.5. The zero-order chi connectivity index (χ0) is 34.7. The molecule has 1 saturated heterocycles. The molecule has 1 N–H and O–H groups in total. The van der Waals surface area contributed by atoms with Crippen molar-refractivity contribution in [2.24, 2.45) is 0 Å². The summed E-state index contributed by atoms with van der Waals surface area (Å²) in [7, 11) is 0. The summed E-state index contributed by atoms with van der Waals surface area (Å²) in [6, 6.07) is 16.0. The minimum atomic E-state index is -1.67. The molecule has 0 unspecified atom stereocenters. The van der Waals surface area contributed by atoms with E-state index in [0.29, 0.717) is 24.7 Å². The van der Waals surface area contributed by atoms with Gasteiger partial charge in [-0.3, -0.25) is 14.4 Å². The maximum Gasteiger partial charge on any atom is 0.294 e. The first-order chi connectivity index (χ1) is 23.6. The average molecular weight is 673 g/mol. The Hall–Kier alpha value is -6.05. The summed E-state index contributed by atoms with van der Waals surface area (Å²) in [4.78, 5) is 46.9. The first-order valence-electron chi connectivity index (χ1n) is 15.1. The van der Waals surface area contributed by atoms with E-state index < -0.39 is 51.8 Å². The Morgan fingerprint density at radius 3 is 2.29 bits per heavy atom. The van der Waals surface area contributed by atoms with Gasteiger partial charge in [0.1, 0.15) is 24.2 Å². The molecule has 0 aliphatic carbocycles. The molecule has 1 aliphatic heterocycles. The zero-order valence-electron chi connectivity index (χ0n) is 25.8. The van der Waals surface area contributed by atoms with Crippen LogP contribution in [0.3, 0.4) is 0 Å². The van der Waals surface area contributed by atoms with Gasteiger partial charge in [-0.2, -0.15) is 5.10 Å². The van der Waals surface area contributed by atoms with E-state index in [0.717, 1.165) is 28.1 Å². The van der Waals surface area contributed by atoms with E-state index in [1.54, 1.807) is 17.1 Å². The lowest BCUT2D eigenvalue weighted by Crippen LogP contribution is -2.50. The van der Waals surface area contributed by atoms with E-state index in [1.165, 1.54) is 41.7 Å². The Morgan fingerprint density at radius 2 is 1.59 bits per heavy atom. The highest BCUT2D eigenvalue weighted by Crippen LogP contribution is 2.22. The van der Waals surface area contributed by atoms with Crippen LogP contribution in [-0.2, 0) is 22.6 Å². The Labute approximate surface area is 276 Å². The second kappa shape index (κ2) is 14.0. The summed E-state index contributed by atoms with van der Waals surface area (Å²) >= 11 is 0. The smallest absolute Gasteiger partial charge is 0.294 e. The fraction of sp³-hybridized carbons (Fsp3) is 0.171. The van der Waals surface area contributed by atoms with Crippen LogP contribution >= 0.6 is 0 Å². The molecule has 3 aromatic carbocycles. The quantitative estimate of drug-likeness (QED) is 0.0810. The number of pyridine rings is 1. The number of carbonyl (C=O) groups is 2. The molecule has 0 atom stereocenters. The summed E-state index contributed by atoms with van der Waals surface area (Å²) < 4.78 is 58.6. The Balaban J connectivity index is 1.20. The molecule has 2 aromatic heterocycles. The van der Waals surface area contributed by atoms with Gasteiger partial charge in [0.2, 0.25) is 5.78 Å². The number of benzene rings is 3. The highest BCUT2D eigenvalue weighted by atomic mass is 19.2. The third-order valence-corrected chi connectivity index (χ3v) is 8.11. The minimum absolute atomic E-state index is 0.175. The van der Waals surface area contributed by atoms with E-state index in [2.05, 4.69) is 15.0 Å². The van der Waals surface area contributed by atoms with Crippen LogP contribution in [0.25, 0.3) is 11.4 Å². The van der Waals surface area contributed by atoms with Crippen molar-refractivity contribution in [1.29, 1.82) is 0 Å². The van der Waals surface area contributed by atoms with Gasteiger partial charge < -0.3 is 19.5 Å². The lowest BCUT2D eigenvalue weighted by Gasteiger charge is -2.35. The van der Waals surface area contributed by atoms with E-state index in [-0.39, 0.29) is 37.2 Å². The second-order valence-electron chi connectivity index (χ2n) is 11.4. The van der Waals surface area contributed by atoms with Crippen molar-refractivity contribution in [3.63, 3.8) is 0 Å². The number of aliphatic hydroxyl groups is 1. The summed E-state index contributed by atoms with van der Waals surface area (Å²) in [6.07, 6.45) is 4.64. The Kier molecular flexibility index (Phi) is 9.38. The van der Waals surface area contributed by atoms with E-state index in [4.69, 9.17) is 0 Å². The third kappa shape index (κ3) is 7.27. The molecule has 0 spiro atoms. The number of anilines is 1. The number of hydrogen-bond donors (Lipinski definition) is 1. The van der Waals surface area contributed by atoms with Crippen molar-refractivity contribution in [3.8, 4) is 5.69 Å². The molecule has 1 amide bonds. The number of ketones is 1. The van der Waals surface area contributed by atoms with Gasteiger partial charge in [0.05, 0.1) is 17.8 Å². The van der Waals surface area contributed by atoms with Crippen LogP contribution in [0.5, 0.6) is 0 Å². The Morgan fingerprint density at radius 1 is 0.857 bits per heavy atom. The van der Waals surface area contributed by atoms with Crippen LogP contribution in [0.4, 0.5) is 23.2 Å². The van der Waals surface area contributed by atoms with Gasteiger partial charge in [0.25, 0.3) is 11.5 Å². The predicted octanol–water partition coefficient (Wildman–Crippen LogP) is 4.44. The molecule has 10 nitrogen and oxygen atoms in total. The number of nitrogens with zero attached hydrogens (tertiary/aromatic N) is 6. The molecule has 1 aliphatic rings. The van der Waals surface area contributed by atoms with Crippen LogP contribution in [0.1, 0.15) is 22.3 Å². The molecule has 5 aromatic rings. The highest BCUT2D eigenvalue weighted by Gasteiger charge is 2.26. The molecule has 6 rings (SSSR count). The van der Waals surface area contributed by atoms with Crippen LogP contribution in [0, 0.1) is 23.3 Å². The van der Waals surface area contributed by atoms with Crippen molar-refractivity contribution in [2.75, 3.05) is 31.1 Å². The number of rotatable bonds is 9. The monoisotopic (exact) mass is 672 g/mol. The van der Waals surface area contributed by atoms with E-state index in [1.807, 2.05) is 24.3 Å². The lowest BCUT2D eigenvalue weighted by molar-refractivity contribution is -0.142. The summed E-state index contributed by atoms with van der Waals surface area (Å²) in [5.41, 5.74) is 0.867. The van der Waals surface area contributed by atoms with Crippen LogP contribution in [0.2, 0.25) is 0 Å². The van der Waals surface area contributed by atoms with Gasteiger partial charge in [0, 0.05) is 50.6 Å². The van der Waals surface area contributed by atoms with Gasteiger partial charge >= 0.3 is 0 Å². The number of hydrogen-bond acceptors (Lipinski definition) is 7. The minimum Gasteiger partial charge on any atom is -0.507 e. The summed E-state index contributed by atoms with van der Waals surface area (Å²) in [5.74, 6) is -7.80. The number of aromatic nitrogens is 4.